The first kappa shape index (κ1) is 16.0. The van der Waals surface area contributed by atoms with Gasteiger partial charge in [-0.05, 0) is 31.0 Å². The molecular weight excluding hydrogens is 336 g/mol. The molecule has 128 valence electrons. The highest BCUT2D eigenvalue weighted by Gasteiger charge is 2.53. The molecule has 0 saturated heterocycles. The van der Waals surface area contributed by atoms with E-state index in [9.17, 15) is 4.79 Å². The minimum absolute atomic E-state index is 0.108. The summed E-state index contributed by atoms with van der Waals surface area (Å²) in [7, 11) is 3.73. The quantitative estimate of drug-likeness (QED) is 0.703. The van der Waals surface area contributed by atoms with Gasteiger partial charge >= 0.3 is 0 Å². The topological polar surface area (TPSA) is 64.2 Å². The van der Waals surface area contributed by atoms with Crippen molar-refractivity contribution in [3.63, 3.8) is 0 Å². The molecule has 2 heterocycles. The lowest BCUT2D eigenvalue weighted by molar-refractivity contribution is -0.118. The molecule has 1 saturated carbocycles. The van der Waals surface area contributed by atoms with Crippen LogP contribution in [0.3, 0.4) is 0 Å². The molecule has 0 unspecified atom stereocenters. The van der Waals surface area contributed by atoms with E-state index in [0.717, 1.165) is 35.1 Å². The molecule has 4 rings (SSSR count). The van der Waals surface area contributed by atoms with Crippen LogP contribution in [0.2, 0.25) is 0 Å². The summed E-state index contributed by atoms with van der Waals surface area (Å²) >= 11 is 1.50. The Balaban J connectivity index is 1.56. The van der Waals surface area contributed by atoms with Crippen molar-refractivity contribution in [1.29, 1.82) is 0 Å². The second kappa shape index (κ2) is 6.07. The van der Waals surface area contributed by atoms with Crippen LogP contribution in [0.4, 0.5) is 5.69 Å². The number of carbonyl (C=O) groups excluding carboxylic acids is 1. The minimum atomic E-state index is -0.445. The molecule has 0 N–H and O–H groups in total. The van der Waals surface area contributed by atoms with Crippen molar-refractivity contribution in [3.8, 4) is 11.4 Å². The van der Waals surface area contributed by atoms with E-state index in [1.807, 2.05) is 55.1 Å². The van der Waals surface area contributed by atoms with Gasteiger partial charge in [-0.3, -0.25) is 4.79 Å². The normalized spacial score (nSPS) is 15.1. The van der Waals surface area contributed by atoms with E-state index in [4.69, 9.17) is 4.42 Å². The summed E-state index contributed by atoms with van der Waals surface area (Å²) < 4.78 is 6.58. The van der Waals surface area contributed by atoms with Crippen LogP contribution in [0, 0.1) is 0 Å². The largest absolute Gasteiger partial charge is 0.472 e. The number of rotatable bonds is 5. The molecule has 1 aliphatic carbocycles. The maximum Gasteiger partial charge on any atom is 0.243 e. The first-order valence-corrected chi connectivity index (χ1v) is 8.86. The van der Waals surface area contributed by atoms with Gasteiger partial charge in [0.1, 0.15) is 11.0 Å². The highest BCUT2D eigenvalue weighted by molar-refractivity contribution is 8.01. The molecule has 7 heteroatoms. The predicted molar refractivity (Wildman–Crippen MR) is 96.4 cm³/mol. The van der Waals surface area contributed by atoms with Crippen LogP contribution < -0.4 is 4.90 Å². The van der Waals surface area contributed by atoms with Gasteiger partial charge in [0.15, 0.2) is 11.0 Å². The van der Waals surface area contributed by atoms with Gasteiger partial charge < -0.3 is 13.9 Å². The number of furan rings is 1. The van der Waals surface area contributed by atoms with Crippen molar-refractivity contribution >= 4 is 23.4 Å². The van der Waals surface area contributed by atoms with Gasteiger partial charge in [-0.1, -0.05) is 30.0 Å². The maximum atomic E-state index is 13.0. The monoisotopic (exact) mass is 354 g/mol. The third-order valence-corrected chi connectivity index (χ3v) is 5.95. The van der Waals surface area contributed by atoms with Crippen molar-refractivity contribution in [2.75, 3.05) is 11.9 Å². The zero-order valence-corrected chi connectivity index (χ0v) is 14.9. The Hall–Kier alpha value is -2.54. The molecule has 2 aromatic heterocycles. The number of carbonyl (C=O) groups is 1. The van der Waals surface area contributed by atoms with E-state index in [2.05, 4.69) is 10.2 Å². The highest BCUT2D eigenvalue weighted by atomic mass is 32.2. The van der Waals surface area contributed by atoms with Crippen LogP contribution in [0.1, 0.15) is 12.8 Å². The fourth-order valence-electron chi connectivity index (χ4n) is 2.77. The van der Waals surface area contributed by atoms with E-state index < -0.39 is 4.75 Å². The molecule has 0 radical (unpaired) electrons. The number of anilines is 1. The molecule has 1 aliphatic rings. The lowest BCUT2D eigenvalue weighted by atomic mass is 10.2. The Morgan fingerprint density at radius 1 is 1.24 bits per heavy atom. The Kier molecular flexibility index (Phi) is 3.88. The summed E-state index contributed by atoms with van der Waals surface area (Å²) in [6.07, 6.45) is 4.94. The van der Waals surface area contributed by atoms with Gasteiger partial charge in [0.2, 0.25) is 5.91 Å². The Bertz CT molecular complexity index is 885. The molecular formula is C18H18N4O2S. The van der Waals surface area contributed by atoms with E-state index in [-0.39, 0.29) is 5.91 Å². The maximum absolute atomic E-state index is 13.0. The Labute approximate surface area is 149 Å². The number of nitrogens with zero attached hydrogens (tertiary/aromatic N) is 4. The molecule has 1 aromatic carbocycles. The summed E-state index contributed by atoms with van der Waals surface area (Å²) in [4.78, 5) is 14.7. The zero-order chi connectivity index (χ0) is 17.4. The zero-order valence-electron chi connectivity index (χ0n) is 14.0. The lowest BCUT2D eigenvalue weighted by Gasteiger charge is -2.22. The molecule has 0 aliphatic heterocycles. The van der Waals surface area contributed by atoms with Crippen LogP contribution in [0.15, 0.2) is 58.5 Å². The van der Waals surface area contributed by atoms with Crippen molar-refractivity contribution < 1.29 is 9.21 Å². The molecule has 0 bridgehead atoms. The summed E-state index contributed by atoms with van der Waals surface area (Å²) in [6.45, 7) is 0. The molecule has 0 spiro atoms. The number of benzene rings is 1. The van der Waals surface area contributed by atoms with Gasteiger partial charge in [-0.15, -0.1) is 10.2 Å². The van der Waals surface area contributed by atoms with Crippen molar-refractivity contribution in [1.82, 2.24) is 14.8 Å². The average Bonchev–Trinajstić information content (AvgIpc) is 3.05. The Morgan fingerprint density at radius 3 is 2.64 bits per heavy atom. The van der Waals surface area contributed by atoms with Gasteiger partial charge in [0.25, 0.3) is 0 Å². The van der Waals surface area contributed by atoms with Crippen molar-refractivity contribution in [3.05, 3.63) is 48.9 Å². The van der Waals surface area contributed by atoms with Crippen LogP contribution in [0.25, 0.3) is 11.4 Å². The predicted octanol–water partition coefficient (Wildman–Crippen LogP) is 3.36. The molecule has 3 aromatic rings. The van der Waals surface area contributed by atoms with E-state index in [1.54, 1.807) is 17.4 Å². The van der Waals surface area contributed by atoms with E-state index in [0.29, 0.717) is 0 Å². The minimum Gasteiger partial charge on any atom is -0.472 e. The number of para-hydroxylation sites is 1. The van der Waals surface area contributed by atoms with Gasteiger partial charge in [0, 0.05) is 19.8 Å². The fraction of sp³-hybridized carbons (Fsp3) is 0.278. The van der Waals surface area contributed by atoms with E-state index >= 15 is 0 Å². The summed E-state index contributed by atoms with van der Waals surface area (Å²) in [6, 6.07) is 11.5. The second-order valence-electron chi connectivity index (χ2n) is 6.17. The number of aromatic nitrogens is 3. The van der Waals surface area contributed by atoms with E-state index in [1.165, 1.54) is 11.8 Å². The SMILES string of the molecule is CN(C(=O)C1(Sc2nnc(-c3ccoc3)n2C)CC1)c1ccccc1. The summed E-state index contributed by atoms with van der Waals surface area (Å²) in [5.74, 6) is 0.840. The summed E-state index contributed by atoms with van der Waals surface area (Å²) in [5.41, 5.74) is 1.77. The van der Waals surface area contributed by atoms with Gasteiger partial charge in [-0.2, -0.15) is 0 Å². The summed E-state index contributed by atoms with van der Waals surface area (Å²) in [5, 5.41) is 9.25. The van der Waals surface area contributed by atoms with Gasteiger partial charge in [0.05, 0.1) is 11.8 Å². The number of amides is 1. The number of hydrogen-bond donors (Lipinski definition) is 0. The van der Waals surface area contributed by atoms with Gasteiger partial charge in [-0.25, -0.2) is 0 Å². The second-order valence-corrected chi connectivity index (χ2v) is 7.52. The number of thioether (sulfide) groups is 1. The Morgan fingerprint density at radius 2 is 2.00 bits per heavy atom. The molecule has 1 fully saturated rings. The average molecular weight is 354 g/mol. The molecule has 25 heavy (non-hydrogen) atoms. The third-order valence-electron chi connectivity index (χ3n) is 4.44. The van der Waals surface area contributed by atoms with Crippen molar-refractivity contribution in [2.45, 2.75) is 22.7 Å². The first-order valence-electron chi connectivity index (χ1n) is 8.05. The molecule has 6 nitrogen and oxygen atoms in total. The van der Waals surface area contributed by atoms with Crippen molar-refractivity contribution in [2.24, 2.45) is 7.05 Å². The highest BCUT2D eigenvalue weighted by Crippen LogP contribution is 2.52. The molecule has 0 atom stereocenters. The van der Waals surface area contributed by atoms with Crippen LogP contribution >= 0.6 is 11.8 Å². The standard InChI is InChI=1S/C18H18N4O2S/c1-21(14-6-4-3-5-7-14)16(23)18(9-10-18)25-17-20-19-15(22(17)2)13-8-11-24-12-13/h3-8,11-12H,9-10H2,1-2H3. The number of hydrogen-bond acceptors (Lipinski definition) is 5. The van der Waals surface area contributed by atoms with Crippen LogP contribution in [0.5, 0.6) is 0 Å². The molecule has 1 amide bonds. The van der Waals surface area contributed by atoms with Crippen LogP contribution in [-0.2, 0) is 11.8 Å². The lowest BCUT2D eigenvalue weighted by Crippen LogP contribution is -2.36. The third kappa shape index (κ3) is 2.84. The smallest absolute Gasteiger partial charge is 0.243 e. The first-order chi connectivity index (χ1) is 12.1. The fourth-order valence-corrected chi connectivity index (χ4v) is 3.95. The van der Waals surface area contributed by atoms with Crippen LogP contribution in [-0.4, -0.2) is 32.5 Å².